The largest absolute Gasteiger partial charge is 0.362 e. The molecular formula is C19H30N2. The van der Waals surface area contributed by atoms with Gasteiger partial charge >= 0.3 is 0 Å². The summed E-state index contributed by atoms with van der Waals surface area (Å²) in [5, 5.41) is 0. The standard InChI is InChI=1S/C19H30N2/c1-10-9-20(8)16(7)18-15(6)17-13(4)11(2)12(3)14(5)19(17)21(10)18/h10,15-16,18H,9H2,1-8H3. The van der Waals surface area contributed by atoms with Crippen LogP contribution in [0.25, 0.3) is 0 Å². The van der Waals surface area contributed by atoms with E-state index < -0.39 is 0 Å². The number of nitrogens with zero attached hydrogens (tertiary/aromatic N) is 2. The molecular weight excluding hydrogens is 256 g/mol. The second-order valence-electron chi connectivity index (χ2n) is 7.48. The monoisotopic (exact) mass is 286 g/mol. The number of piperazine rings is 1. The summed E-state index contributed by atoms with van der Waals surface area (Å²) >= 11 is 0. The van der Waals surface area contributed by atoms with Crippen LogP contribution in [0.1, 0.15) is 54.5 Å². The van der Waals surface area contributed by atoms with Crippen molar-refractivity contribution in [1.29, 1.82) is 0 Å². The number of anilines is 1. The zero-order valence-corrected chi connectivity index (χ0v) is 14.9. The summed E-state index contributed by atoms with van der Waals surface area (Å²) in [6.45, 7) is 17.6. The quantitative estimate of drug-likeness (QED) is 0.713. The van der Waals surface area contributed by atoms with Gasteiger partial charge in [-0.15, -0.1) is 0 Å². The Balaban J connectivity index is 2.25. The summed E-state index contributed by atoms with van der Waals surface area (Å²) in [5.41, 5.74) is 9.18. The molecule has 0 aliphatic carbocycles. The molecule has 0 saturated carbocycles. The number of hydrogen-bond donors (Lipinski definition) is 0. The lowest BCUT2D eigenvalue weighted by atomic mass is 9.85. The molecule has 21 heavy (non-hydrogen) atoms. The molecule has 0 N–H and O–H groups in total. The first kappa shape index (κ1) is 14.9. The van der Waals surface area contributed by atoms with Crippen LogP contribution in [0.5, 0.6) is 0 Å². The fourth-order valence-electron chi connectivity index (χ4n) is 4.87. The van der Waals surface area contributed by atoms with Gasteiger partial charge < -0.3 is 4.90 Å². The molecule has 4 atom stereocenters. The highest BCUT2D eigenvalue weighted by molar-refractivity contribution is 5.73. The summed E-state index contributed by atoms with van der Waals surface area (Å²) < 4.78 is 0. The van der Waals surface area contributed by atoms with Crippen LogP contribution in [-0.4, -0.2) is 36.6 Å². The van der Waals surface area contributed by atoms with Crippen molar-refractivity contribution in [3.63, 3.8) is 0 Å². The molecule has 116 valence electrons. The number of hydrogen-bond acceptors (Lipinski definition) is 2. The smallest absolute Gasteiger partial charge is 0.0513 e. The highest BCUT2D eigenvalue weighted by atomic mass is 15.3. The first-order valence-corrected chi connectivity index (χ1v) is 8.36. The molecule has 1 saturated heterocycles. The molecule has 2 nitrogen and oxygen atoms in total. The summed E-state index contributed by atoms with van der Waals surface area (Å²) in [7, 11) is 2.28. The van der Waals surface area contributed by atoms with Crippen molar-refractivity contribution >= 4 is 5.69 Å². The van der Waals surface area contributed by atoms with Crippen molar-refractivity contribution < 1.29 is 0 Å². The number of fused-ring (bicyclic) bond motifs is 3. The highest BCUT2D eigenvalue weighted by Crippen LogP contribution is 2.50. The molecule has 4 unspecified atom stereocenters. The molecule has 2 aliphatic rings. The minimum absolute atomic E-state index is 0.597. The van der Waals surface area contributed by atoms with Crippen molar-refractivity contribution in [3.8, 4) is 0 Å². The van der Waals surface area contributed by atoms with Crippen molar-refractivity contribution in [2.75, 3.05) is 18.5 Å². The predicted molar refractivity (Wildman–Crippen MR) is 91.6 cm³/mol. The van der Waals surface area contributed by atoms with Crippen molar-refractivity contribution in [2.24, 2.45) is 0 Å². The molecule has 0 spiro atoms. The Hall–Kier alpha value is -1.02. The normalized spacial score (nSPS) is 32.3. The summed E-state index contributed by atoms with van der Waals surface area (Å²) in [6.07, 6.45) is 0. The van der Waals surface area contributed by atoms with Gasteiger partial charge in [0.25, 0.3) is 0 Å². The minimum atomic E-state index is 0.597. The van der Waals surface area contributed by atoms with E-state index in [-0.39, 0.29) is 0 Å². The van der Waals surface area contributed by atoms with Crippen LogP contribution in [0.15, 0.2) is 0 Å². The Labute approximate surface area is 130 Å². The van der Waals surface area contributed by atoms with E-state index >= 15 is 0 Å². The third-order valence-corrected chi connectivity index (χ3v) is 6.47. The zero-order valence-electron chi connectivity index (χ0n) is 14.9. The van der Waals surface area contributed by atoms with Crippen LogP contribution in [-0.2, 0) is 0 Å². The van der Waals surface area contributed by atoms with Crippen LogP contribution in [0, 0.1) is 27.7 Å². The summed E-state index contributed by atoms with van der Waals surface area (Å²) in [6, 6.07) is 1.83. The topological polar surface area (TPSA) is 6.48 Å². The van der Waals surface area contributed by atoms with E-state index in [4.69, 9.17) is 0 Å². The molecule has 1 fully saturated rings. The number of rotatable bonds is 0. The van der Waals surface area contributed by atoms with Gasteiger partial charge in [-0.1, -0.05) is 6.92 Å². The second-order valence-corrected chi connectivity index (χ2v) is 7.48. The molecule has 0 bridgehead atoms. The SMILES string of the molecule is Cc1c(C)c(C)c2c(c1C)C(C)C1C(C)N(C)CC(C)N21. The molecule has 0 radical (unpaired) electrons. The van der Waals surface area contributed by atoms with E-state index in [9.17, 15) is 0 Å². The lowest BCUT2D eigenvalue weighted by molar-refractivity contribution is 0.157. The fourth-order valence-corrected chi connectivity index (χ4v) is 4.87. The molecule has 2 aliphatic heterocycles. The maximum absolute atomic E-state index is 2.75. The van der Waals surface area contributed by atoms with E-state index in [2.05, 4.69) is 65.3 Å². The maximum atomic E-state index is 2.75. The van der Waals surface area contributed by atoms with Gasteiger partial charge in [0.2, 0.25) is 0 Å². The Morgan fingerprint density at radius 3 is 2.05 bits per heavy atom. The Morgan fingerprint density at radius 1 is 0.857 bits per heavy atom. The molecule has 2 heterocycles. The zero-order chi connectivity index (χ0) is 15.6. The molecule has 0 amide bonds. The number of likely N-dealkylation sites (N-methyl/N-ethyl adjacent to an activating group) is 1. The van der Waals surface area contributed by atoms with Gasteiger partial charge in [-0.3, -0.25) is 4.90 Å². The fraction of sp³-hybridized carbons (Fsp3) is 0.684. The average Bonchev–Trinajstić information content (AvgIpc) is 2.74. The maximum Gasteiger partial charge on any atom is 0.0513 e. The van der Waals surface area contributed by atoms with Gasteiger partial charge in [-0.05, 0) is 76.4 Å². The van der Waals surface area contributed by atoms with Gasteiger partial charge in [0.1, 0.15) is 0 Å². The Bertz CT molecular complexity index is 590. The third kappa shape index (κ3) is 1.81. The predicted octanol–water partition coefficient (Wildman–Crippen LogP) is 3.93. The highest BCUT2D eigenvalue weighted by Gasteiger charge is 2.47. The second kappa shape index (κ2) is 4.74. The van der Waals surface area contributed by atoms with Gasteiger partial charge in [-0.2, -0.15) is 0 Å². The molecule has 1 aromatic rings. The third-order valence-electron chi connectivity index (χ3n) is 6.47. The van der Waals surface area contributed by atoms with Gasteiger partial charge in [0.05, 0.1) is 6.04 Å². The van der Waals surface area contributed by atoms with Crippen LogP contribution >= 0.6 is 0 Å². The lowest BCUT2D eigenvalue weighted by Gasteiger charge is -2.48. The summed E-state index contributed by atoms with van der Waals surface area (Å²) in [5.74, 6) is 0.623. The van der Waals surface area contributed by atoms with Gasteiger partial charge in [0, 0.05) is 30.2 Å². The molecule has 2 heteroatoms. The Morgan fingerprint density at radius 2 is 1.43 bits per heavy atom. The van der Waals surface area contributed by atoms with E-state index in [1.165, 1.54) is 22.3 Å². The van der Waals surface area contributed by atoms with E-state index in [1.807, 2.05) is 0 Å². The Kier molecular flexibility index (Phi) is 3.36. The average molecular weight is 286 g/mol. The first-order chi connectivity index (χ1) is 9.77. The molecule has 0 aromatic heterocycles. The van der Waals surface area contributed by atoms with Crippen LogP contribution in [0.2, 0.25) is 0 Å². The minimum Gasteiger partial charge on any atom is -0.362 e. The van der Waals surface area contributed by atoms with E-state index in [0.717, 1.165) is 6.54 Å². The molecule has 3 rings (SSSR count). The van der Waals surface area contributed by atoms with E-state index in [1.54, 1.807) is 11.3 Å². The van der Waals surface area contributed by atoms with Crippen molar-refractivity contribution in [2.45, 2.75) is 72.5 Å². The van der Waals surface area contributed by atoms with Gasteiger partial charge in [-0.25, -0.2) is 0 Å². The van der Waals surface area contributed by atoms with Crippen molar-refractivity contribution in [1.82, 2.24) is 4.90 Å². The van der Waals surface area contributed by atoms with Crippen molar-refractivity contribution in [3.05, 3.63) is 27.8 Å². The van der Waals surface area contributed by atoms with Crippen LogP contribution in [0.4, 0.5) is 5.69 Å². The summed E-state index contributed by atoms with van der Waals surface area (Å²) in [4.78, 5) is 5.29. The number of benzene rings is 1. The molecule has 1 aromatic carbocycles. The van der Waals surface area contributed by atoms with Gasteiger partial charge in [0.15, 0.2) is 0 Å². The van der Waals surface area contributed by atoms with Crippen LogP contribution < -0.4 is 4.90 Å². The first-order valence-electron chi connectivity index (χ1n) is 8.36. The van der Waals surface area contributed by atoms with Crippen LogP contribution in [0.3, 0.4) is 0 Å². The lowest BCUT2D eigenvalue weighted by Crippen LogP contribution is -2.60. The van der Waals surface area contributed by atoms with E-state index in [0.29, 0.717) is 24.0 Å².